The van der Waals surface area contributed by atoms with E-state index < -0.39 is 0 Å². The number of nitrogens with zero attached hydrogens (tertiary/aromatic N) is 2. The lowest BCUT2D eigenvalue weighted by Crippen LogP contribution is -2.23. The first-order chi connectivity index (χ1) is 9.24. The van der Waals surface area contributed by atoms with Gasteiger partial charge in [-0.15, -0.1) is 11.3 Å². The van der Waals surface area contributed by atoms with Gasteiger partial charge in [-0.2, -0.15) is 5.10 Å². The van der Waals surface area contributed by atoms with Crippen molar-refractivity contribution in [3.05, 3.63) is 39.8 Å². The average molecular weight is 277 g/mol. The van der Waals surface area contributed by atoms with E-state index in [0.29, 0.717) is 6.04 Å². The van der Waals surface area contributed by atoms with Crippen LogP contribution in [0.5, 0.6) is 0 Å². The van der Waals surface area contributed by atoms with Crippen molar-refractivity contribution >= 4 is 11.3 Å². The van der Waals surface area contributed by atoms with Crippen LogP contribution in [0.2, 0.25) is 0 Å². The summed E-state index contributed by atoms with van der Waals surface area (Å²) in [7, 11) is 2.05. The van der Waals surface area contributed by atoms with Crippen molar-refractivity contribution in [3.63, 3.8) is 0 Å². The molecule has 2 aromatic rings. The summed E-state index contributed by atoms with van der Waals surface area (Å²) in [5.41, 5.74) is 2.48. The van der Waals surface area contributed by atoms with Gasteiger partial charge in [0.25, 0.3) is 0 Å². The molecular formula is C15H23N3S. The first kappa shape index (κ1) is 14.3. The monoisotopic (exact) mass is 277 g/mol. The smallest absolute Gasteiger partial charge is 0.0625 e. The molecule has 2 aromatic heterocycles. The van der Waals surface area contributed by atoms with E-state index in [1.807, 2.05) is 23.1 Å². The molecule has 0 bridgehead atoms. The minimum Gasteiger partial charge on any atom is -0.309 e. The quantitative estimate of drug-likeness (QED) is 0.841. The maximum absolute atomic E-state index is 4.56. The van der Waals surface area contributed by atoms with Gasteiger partial charge in [-0.05, 0) is 43.3 Å². The Labute approximate surface area is 119 Å². The van der Waals surface area contributed by atoms with Crippen LogP contribution in [0.3, 0.4) is 0 Å². The van der Waals surface area contributed by atoms with E-state index in [4.69, 9.17) is 0 Å². The van der Waals surface area contributed by atoms with E-state index in [2.05, 4.69) is 47.8 Å². The van der Waals surface area contributed by atoms with Crippen LogP contribution >= 0.6 is 11.3 Å². The lowest BCUT2D eigenvalue weighted by Gasteiger charge is -2.17. The second kappa shape index (κ2) is 6.87. The third kappa shape index (κ3) is 3.67. The number of thiophene rings is 1. The number of rotatable bonds is 7. The molecule has 0 saturated heterocycles. The van der Waals surface area contributed by atoms with Crippen LogP contribution < -0.4 is 5.32 Å². The van der Waals surface area contributed by atoms with Gasteiger partial charge in [0.15, 0.2) is 0 Å². The van der Waals surface area contributed by atoms with Gasteiger partial charge in [0.2, 0.25) is 0 Å². The van der Waals surface area contributed by atoms with Crippen molar-refractivity contribution in [2.45, 2.75) is 39.2 Å². The molecule has 1 unspecified atom stereocenters. The van der Waals surface area contributed by atoms with Crippen LogP contribution in [0.15, 0.2) is 23.6 Å². The molecule has 0 saturated carbocycles. The van der Waals surface area contributed by atoms with Gasteiger partial charge in [0.05, 0.1) is 11.4 Å². The van der Waals surface area contributed by atoms with Crippen LogP contribution in [0.4, 0.5) is 0 Å². The molecule has 4 heteroatoms. The van der Waals surface area contributed by atoms with Gasteiger partial charge in [0, 0.05) is 18.0 Å². The number of hydrogen-bond acceptors (Lipinski definition) is 3. The standard InChI is InChI=1S/C15H23N3S/c1-4-12-11-15(18(3)17-12)14(16-5-2)9-8-13-7-6-10-19-13/h6-7,10-11,14,16H,4-5,8-9H2,1-3H3. The Bertz CT molecular complexity index is 487. The van der Waals surface area contributed by atoms with Crippen molar-refractivity contribution in [1.29, 1.82) is 0 Å². The highest BCUT2D eigenvalue weighted by atomic mass is 32.1. The van der Waals surface area contributed by atoms with Gasteiger partial charge in [-0.1, -0.05) is 19.9 Å². The van der Waals surface area contributed by atoms with Crippen LogP contribution in [-0.4, -0.2) is 16.3 Å². The van der Waals surface area contributed by atoms with Gasteiger partial charge < -0.3 is 5.32 Å². The average Bonchev–Trinajstić information content (AvgIpc) is 3.04. The summed E-state index contributed by atoms with van der Waals surface area (Å²) in [4.78, 5) is 1.46. The van der Waals surface area contributed by atoms with Gasteiger partial charge in [-0.3, -0.25) is 4.68 Å². The van der Waals surface area contributed by atoms with Crippen molar-refractivity contribution in [3.8, 4) is 0 Å². The molecule has 2 heterocycles. The Morgan fingerprint density at radius 3 is 2.84 bits per heavy atom. The van der Waals surface area contributed by atoms with Crippen molar-refractivity contribution in [1.82, 2.24) is 15.1 Å². The summed E-state index contributed by atoms with van der Waals surface area (Å²) >= 11 is 1.84. The van der Waals surface area contributed by atoms with Gasteiger partial charge in [0.1, 0.15) is 0 Å². The maximum Gasteiger partial charge on any atom is 0.0625 e. The van der Waals surface area contributed by atoms with E-state index in [0.717, 1.165) is 25.8 Å². The number of aryl methyl sites for hydroxylation is 3. The molecule has 1 atom stereocenters. The molecule has 2 rings (SSSR count). The molecule has 3 nitrogen and oxygen atoms in total. The summed E-state index contributed by atoms with van der Waals surface area (Å²) < 4.78 is 2.03. The largest absolute Gasteiger partial charge is 0.309 e. The molecule has 104 valence electrons. The third-order valence-corrected chi connectivity index (χ3v) is 4.33. The summed E-state index contributed by atoms with van der Waals surface area (Å²) in [6.07, 6.45) is 3.25. The van der Waals surface area contributed by atoms with Crippen LogP contribution in [-0.2, 0) is 19.9 Å². The summed E-state index contributed by atoms with van der Waals surface area (Å²) in [6.45, 7) is 5.30. The molecule has 0 aliphatic heterocycles. The first-order valence-corrected chi connectivity index (χ1v) is 7.91. The van der Waals surface area contributed by atoms with Crippen molar-refractivity contribution in [2.24, 2.45) is 7.05 Å². The SMILES string of the molecule is CCNC(CCc1cccs1)c1cc(CC)nn1C. The predicted molar refractivity (Wildman–Crippen MR) is 81.6 cm³/mol. The molecule has 0 aromatic carbocycles. The Kier molecular flexibility index (Phi) is 5.16. The lowest BCUT2D eigenvalue weighted by molar-refractivity contribution is 0.481. The van der Waals surface area contributed by atoms with Gasteiger partial charge >= 0.3 is 0 Å². The highest BCUT2D eigenvalue weighted by Crippen LogP contribution is 2.21. The zero-order chi connectivity index (χ0) is 13.7. The molecule has 1 N–H and O–H groups in total. The Balaban J connectivity index is 2.07. The minimum atomic E-state index is 0.393. The van der Waals surface area contributed by atoms with Crippen molar-refractivity contribution in [2.75, 3.05) is 6.54 Å². The normalized spacial score (nSPS) is 12.8. The number of hydrogen-bond donors (Lipinski definition) is 1. The zero-order valence-electron chi connectivity index (χ0n) is 12.0. The lowest BCUT2D eigenvalue weighted by atomic mass is 10.1. The Hall–Kier alpha value is -1.13. The fourth-order valence-corrected chi connectivity index (χ4v) is 3.11. The molecule has 0 radical (unpaired) electrons. The van der Waals surface area contributed by atoms with Crippen LogP contribution in [0.25, 0.3) is 0 Å². The zero-order valence-corrected chi connectivity index (χ0v) is 12.8. The van der Waals surface area contributed by atoms with Gasteiger partial charge in [-0.25, -0.2) is 0 Å². The Morgan fingerprint density at radius 1 is 1.42 bits per heavy atom. The van der Waals surface area contributed by atoms with Crippen LogP contribution in [0, 0.1) is 0 Å². The highest BCUT2D eigenvalue weighted by molar-refractivity contribution is 7.09. The molecular weight excluding hydrogens is 254 g/mol. The van der Waals surface area contributed by atoms with E-state index >= 15 is 0 Å². The van der Waals surface area contributed by atoms with E-state index in [1.165, 1.54) is 16.3 Å². The molecule has 0 aliphatic rings. The van der Waals surface area contributed by atoms with Crippen LogP contribution in [0.1, 0.15) is 42.6 Å². The van der Waals surface area contributed by atoms with E-state index in [9.17, 15) is 0 Å². The van der Waals surface area contributed by atoms with E-state index in [1.54, 1.807) is 0 Å². The minimum absolute atomic E-state index is 0.393. The summed E-state index contributed by atoms with van der Waals surface area (Å²) in [6, 6.07) is 6.97. The molecule has 0 fully saturated rings. The van der Waals surface area contributed by atoms with Crippen molar-refractivity contribution < 1.29 is 0 Å². The second-order valence-corrected chi connectivity index (χ2v) is 5.80. The summed E-state index contributed by atoms with van der Waals surface area (Å²) in [5.74, 6) is 0. The maximum atomic E-state index is 4.56. The number of nitrogens with one attached hydrogen (secondary N) is 1. The predicted octanol–water partition coefficient (Wildman–Crippen LogP) is 3.33. The fourth-order valence-electron chi connectivity index (χ4n) is 2.38. The molecule has 0 spiro atoms. The summed E-state index contributed by atoms with van der Waals surface area (Å²) in [5, 5.41) is 10.3. The Morgan fingerprint density at radius 2 is 2.26 bits per heavy atom. The molecule has 0 aliphatic carbocycles. The molecule has 0 amide bonds. The highest BCUT2D eigenvalue weighted by Gasteiger charge is 2.15. The fraction of sp³-hybridized carbons (Fsp3) is 0.533. The molecule has 19 heavy (non-hydrogen) atoms. The first-order valence-electron chi connectivity index (χ1n) is 7.03. The second-order valence-electron chi connectivity index (χ2n) is 4.77. The topological polar surface area (TPSA) is 29.9 Å². The third-order valence-electron chi connectivity index (χ3n) is 3.40. The number of aromatic nitrogens is 2. The van der Waals surface area contributed by atoms with E-state index in [-0.39, 0.29) is 0 Å².